The first-order chi connectivity index (χ1) is 8.33. The summed E-state index contributed by atoms with van der Waals surface area (Å²) in [5, 5.41) is 2.94. The molecule has 0 aromatic rings. The third-order valence-corrected chi connectivity index (χ3v) is 2.83. The van der Waals surface area contributed by atoms with Gasteiger partial charge in [0.05, 0.1) is 0 Å². The Bertz CT molecular complexity index is 264. The number of unbranched alkanes of at least 4 members (excludes halogenated alkanes) is 4. The van der Waals surface area contributed by atoms with Crippen molar-refractivity contribution in [1.82, 2.24) is 5.32 Å². The van der Waals surface area contributed by atoms with Crippen molar-refractivity contribution in [3.8, 4) is 0 Å². The highest BCUT2D eigenvalue weighted by Crippen LogP contribution is 2.18. The van der Waals surface area contributed by atoms with E-state index in [2.05, 4.69) is 24.4 Å². The van der Waals surface area contributed by atoms with Crippen LogP contribution in [-0.2, 0) is 4.79 Å². The zero-order valence-corrected chi connectivity index (χ0v) is 11.0. The Morgan fingerprint density at radius 1 is 1.12 bits per heavy atom. The lowest BCUT2D eigenvalue weighted by molar-refractivity contribution is -0.116. The average molecular weight is 235 g/mol. The minimum Gasteiger partial charge on any atom is -0.350 e. The van der Waals surface area contributed by atoms with Gasteiger partial charge in [0.1, 0.15) is 0 Å². The molecule has 1 N–H and O–H groups in total. The van der Waals surface area contributed by atoms with Gasteiger partial charge in [0.15, 0.2) is 0 Å². The lowest BCUT2D eigenvalue weighted by Gasteiger charge is -1.95. The van der Waals surface area contributed by atoms with Gasteiger partial charge >= 0.3 is 0 Å². The van der Waals surface area contributed by atoms with Crippen LogP contribution in [0.1, 0.15) is 58.3 Å². The molecule has 0 aliphatic heterocycles. The number of carbonyl (C=O) groups excluding carboxylic acids is 1. The van der Waals surface area contributed by atoms with E-state index in [1.54, 1.807) is 6.08 Å². The fraction of sp³-hybridized carbons (Fsp3) is 0.667. The first kappa shape index (κ1) is 14.0. The Morgan fingerprint density at radius 2 is 1.82 bits per heavy atom. The van der Waals surface area contributed by atoms with Gasteiger partial charge in [-0.3, -0.25) is 4.79 Å². The van der Waals surface area contributed by atoms with Crippen molar-refractivity contribution < 1.29 is 4.79 Å². The van der Waals surface area contributed by atoms with E-state index in [1.165, 1.54) is 25.7 Å². The quantitative estimate of drug-likeness (QED) is 0.368. The third kappa shape index (κ3) is 8.73. The summed E-state index contributed by atoms with van der Waals surface area (Å²) in [5.74, 6) is 0.0689. The molecule has 1 amide bonds. The van der Waals surface area contributed by atoms with E-state index in [-0.39, 0.29) is 5.91 Å². The van der Waals surface area contributed by atoms with Crippen LogP contribution in [0.2, 0.25) is 0 Å². The van der Waals surface area contributed by atoms with Crippen LogP contribution in [0.4, 0.5) is 0 Å². The molecule has 0 unspecified atom stereocenters. The maximum Gasteiger partial charge on any atom is 0.243 e. The lowest BCUT2D eigenvalue weighted by Crippen LogP contribution is -2.22. The molecule has 96 valence electrons. The molecule has 1 aliphatic carbocycles. The molecule has 0 radical (unpaired) electrons. The highest BCUT2D eigenvalue weighted by Gasteiger charge is 2.21. The van der Waals surface area contributed by atoms with Gasteiger partial charge in [-0.15, -0.1) is 0 Å². The van der Waals surface area contributed by atoms with E-state index in [9.17, 15) is 4.79 Å². The van der Waals surface area contributed by atoms with Crippen LogP contribution in [0.5, 0.6) is 0 Å². The Hall–Kier alpha value is -1.05. The van der Waals surface area contributed by atoms with Crippen molar-refractivity contribution in [2.75, 3.05) is 0 Å². The van der Waals surface area contributed by atoms with Gasteiger partial charge < -0.3 is 5.32 Å². The first-order valence-electron chi connectivity index (χ1n) is 6.95. The summed E-state index contributed by atoms with van der Waals surface area (Å²) in [5.41, 5.74) is 0. The smallest absolute Gasteiger partial charge is 0.243 e. The molecule has 1 rings (SSSR count). The van der Waals surface area contributed by atoms with Crippen LogP contribution in [0.3, 0.4) is 0 Å². The Balaban J connectivity index is 1.91. The standard InChI is InChI=1S/C15H25NO/c1-2-3-4-5-6-7-8-9-10-11-15(17)16-14-12-13-14/h6-7,10-11,14H,2-5,8-9,12-13H2,1H3,(H,16,17). The fourth-order valence-corrected chi connectivity index (χ4v) is 1.61. The van der Waals surface area contributed by atoms with Crippen LogP contribution in [-0.4, -0.2) is 11.9 Å². The molecule has 0 bridgehead atoms. The number of hydrogen-bond acceptors (Lipinski definition) is 1. The molecule has 0 aromatic carbocycles. The van der Waals surface area contributed by atoms with E-state index in [1.807, 2.05) is 6.08 Å². The molecule has 0 heterocycles. The summed E-state index contributed by atoms with van der Waals surface area (Å²) < 4.78 is 0. The van der Waals surface area contributed by atoms with Crippen molar-refractivity contribution in [1.29, 1.82) is 0 Å². The van der Waals surface area contributed by atoms with Crippen LogP contribution in [0.15, 0.2) is 24.3 Å². The Labute approximate surface area is 105 Å². The highest BCUT2D eigenvalue weighted by atomic mass is 16.1. The van der Waals surface area contributed by atoms with Crippen LogP contribution in [0.25, 0.3) is 0 Å². The van der Waals surface area contributed by atoms with Gasteiger partial charge in [-0.25, -0.2) is 0 Å². The van der Waals surface area contributed by atoms with Crippen molar-refractivity contribution in [2.45, 2.75) is 64.3 Å². The molecule has 0 saturated heterocycles. The van der Waals surface area contributed by atoms with Crippen molar-refractivity contribution >= 4 is 5.91 Å². The summed E-state index contributed by atoms with van der Waals surface area (Å²) in [4.78, 5) is 11.3. The second-order valence-electron chi connectivity index (χ2n) is 4.73. The van der Waals surface area contributed by atoms with Crippen molar-refractivity contribution in [2.24, 2.45) is 0 Å². The monoisotopic (exact) mass is 235 g/mol. The Kier molecular flexibility index (Phi) is 7.44. The summed E-state index contributed by atoms with van der Waals surface area (Å²) in [6.07, 6.45) is 17.5. The zero-order chi connectivity index (χ0) is 12.3. The zero-order valence-electron chi connectivity index (χ0n) is 11.0. The van der Waals surface area contributed by atoms with E-state index < -0.39 is 0 Å². The molecule has 0 spiro atoms. The molecule has 2 nitrogen and oxygen atoms in total. The van der Waals surface area contributed by atoms with Gasteiger partial charge in [-0.2, -0.15) is 0 Å². The number of carbonyl (C=O) groups is 1. The normalized spacial score (nSPS) is 15.8. The number of nitrogens with one attached hydrogen (secondary N) is 1. The summed E-state index contributed by atoms with van der Waals surface area (Å²) in [6.45, 7) is 2.22. The highest BCUT2D eigenvalue weighted by molar-refractivity contribution is 5.87. The molecular weight excluding hydrogens is 210 g/mol. The second-order valence-corrected chi connectivity index (χ2v) is 4.73. The largest absolute Gasteiger partial charge is 0.350 e. The SMILES string of the molecule is CCCCCC=CCCC=CC(=O)NC1CC1. The van der Waals surface area contributed by atoms with Gasteiger partial charge in [0.25, 0.3) is 0 Å². The van der Waals surface area contributed by atoms with E-state index in [4.69, 9.17) is 0 Å². The van der Waals surface area contributed by atoms with Crippen LogP contribution < -0.4 is 5.32 Å². The third-order valence-electron chi connectivity index (χ3n) is 2.83. The molecule has 0 atom stereocenters. The molecule has 17 heavy (non-hydrogen) atoms. The first-order valence-corrected chi connectivity index (χ1v) is 6.95. The van der Waals surface area contributed by atoms with Gasteiger partial charge in [-0.1, -0.05) is 38.0 Å². The summed E-state index contributed by atoms with van der Waals surface area (Å²) >= 11 is 0. The van der Waals surface area contributed by atoms with E-state index in [0.717, 1.165) is 25.7 Å². The number of allylic oxidation sites excluding steroid dienone is 3. The minimum atomic E-state index is 0.0689. The van der Waals surface area contributed by atoms with E-state index >= 15 is 0 Å². The molecule has 2 heteroatoms. The van der Waals surface area contributed by atoms with Crippen LogP contribution >= 0.6 is 0 Å². The van der Waals surface area contributed by atoms with Crippen molar-refractivity contribution in [3.63, 3.8) is 0 Å². The second kappa shape index (κ2) is 9.03. The molecule has 1 fully saturated rings. The number of amides is 1. The summed E-state index contributed by atoms with van der Waals surface area (Å²) in [6, 6.07) is 0.464. The molecule has 0 aromatic heterocycles. The summed E-state index contributed by atoms with van der Waals surface area (Å²) in [7, 11) is 0. The minimum absolute atomic E-state index is 0.0689. The Morgan fingerprint density at radius 3 is 2.53 bits per heavy atom. The van der Waals surface area contributed by atoms with Gasteiger partial charge in [0, 0.05) is 6.04 Å². The number of rotatable bonds is 9. The fourth-order valence-electron chi connectivity index (χ4n) is 1.61. The maximum atomic E-state index is 11.3. The number of hydrogen-bond donors (Lipinski definition) is 1. The molecular formula is C15H25NO. The molecule has 1 saturated carbocycles. The van der Waals surface area contributed by atoms with Gasteiger partial charge in [0.2, 0.25) is 5.91 Å². The van der Waals surface area contributed by atoms with Crippen molar-refractivity contribution in [3.05, 3.63) is 24.3 Å². The van der Waals surface area contributed by atoms with Gasteiger partial charge in [-0.05, 0) is 44.6 Å². The van der Waals surface area contributed by atoms with E-state index in [0.29, 0.717) is 6.04 Å². The predicted molar refractivity (Wildman–Crippen MR) is 72.8 cm³/mol. The molecule has 1 aliphatic rings. The average Bonchev–Trinajstić information content (AvgIpc) is 3.11. The topological polar surface area (TPSA) is 29.1 Å². The lowest BCUT2D eigenvalue weighted by atomic mass is 10.2. The maximum absolute atomic E-state index is 11.3. The predicted octanol–water partition coefficient (Wildman–Crippen LogP) is 3.74. The van der Waals surface area contributed by atoms with Crippen LogP contribution in [0, 0.1) is 0 Å².